The van der Waals surface area contributed by atoms with Gasteiger partial charge < -0.3 is 19.7 Å². The topological polar surface area (TPSA) is 57.6 Å². The maximum Gasteiger partial charge on any atom is 0.322 e. The summed E-state index contributed by atoms with van der Waals surface area (Å²) in [6, 6.07) is 8.63. The predicted octanol–water partition coefficient (Wildman–Crippen LogP) is 5.51. The molecule has 0 aliphatic rings. The smallest absolute Gasteiger partial charge is 0.322 e. The van der Waals surface area contributed by atoms with Gasteiger partial charge in [-0.1, -0.05) is 57.0 Å². The molecule has 1 aromatic carbocycles. The number of anilines is 1. The summed E-state index contributed by atoms with van der Waals surface area (Å²) in [5.41, 5.74) is 1.46. The molecule has 0 bridgehead atoms. The van der Waals surface area contributed by atoms with E-state index in [9.17, 15) is 9.59 Å². The van der Waals surface area contributed by atoms with Crippen molar-refractivity contribution in [3.63, 3.8) is 0 Å². The van der Waals surface area contributed by atoms with Crippen LogP contribution in [0, 0.1) is 11.8 Å². The lowest BCUT2D eigenvalue weighted by molar-refractivity contribution is -0.133. The summed E-state index contributed by atoms with van der Waals surface area (Å²) in [5.74, 6) is 0.407. The number of urea groups is 1. The van der Waals surface area contributed by atoms with Gasteiger partial charge in [0.25, 0.3) is 0 Å². The third-order valence-electron chi connectivity index (χ3n) is 4.73. The van der Waals surface area contributed by atoms with Crippen molar-refractivity contribution < 1.29 is 9.59 Å². The SMILES string of the molecule is CC(C)CN(Cc1cccn1C)C(=O)CN(CC(C)C)C(=O)Nc1cccc(Cl)c1Cl. The molecule has 1 N–H and O–H groups in total. The van der Waals surface area contributed by atoms with Gasteiger partial charge in [0, 0.05) is 32.0 Å². The number of halogens is 2. The fourth-order valence-electron chi connectivity index (χ4n) is 3.27. The largest absolute Gasteiger partial charge is 0.353 e. The number of amides is 3. The van der Waals surface area contributed by atoms with Crippen LogP contribution in [-0.2, 0) is 18.4 Å². The predicted molar refractivity (Wildman–Crippen MR) is 128 cm³/mol. The summed E-state index contributed by atoms with van der Waals surface area (Å²) < 4.78 is 2.00. The van der Waals surface area contributed by atoms with Gasteiger partial charge in [-0.2, -0.15) is 0 Å². The molecule has 8 heteroatoms. The minimum absolute atomic E-state index is 0.0145. The molecule has 0 fully saturated rings. The molecule has 31 heavy (non-hydrogen) atoms. The highest BCUT2D eigenvalue weighted by Crippen LogP contribution is 2.29. The summed E-state index contributed by atoms with van der Waals surface area (Å²) in [5, 5.41) is 3.43. The number of nitrogens with one attached hydrogen (secondary N) is 1. The number of hydrogen-bond acceptors (Lipinski definition) is 2. The first-order valence-corrected chi connectivity index (χ1v) is 11.2. The zero-order valence-electron chi connectivity index (χ0n) is 18.9. The maximum absolute atomic E-state index is 13.2. The Morgan fingerprint density at radius 2 is 1.65 bits per heavy atom. The van der Waals surface area contributed by atoms with Gasteiger partial charge >= 0.3 is 6.03 Å². The van der Waals surface area contributed by atoms with E-state index in [4.69, 9.17) is 23.2 Å². The highest BCUT2D eigenvalue weighted by atomic mass is 35.5. The van der Waals surface area contributed by atoms with Crippen LogP contribution in [0.15, 0.2) is 36.5 Å². The van der Waals surface area contributed by atoms with Crippen LogP contribution in [-0.4, -0.2) is 45.9 Å². The molecule has 0 saturated carbocycles. The lowest BCUT2D eigenvalue weighted by Crippen LogP contribution is -2.46. The molecule has 2 aromatic rings. The molecule has 3 amide bonds. The lowest BCUT2D eigenvalue weighted by Gasteiger charge is -2.30. The average Bonchev–Trinajstić information content (AvgIpc) is 3.08. The molecule has 0 aliphatic carbocycles. The molecule has 1 heterocycles. The first kappa shape index (κ1) is 25.1. The second-order valence-electron chi connectivity index (χ2n) is 8.58. The fraction of sp³-hybridized carbons (Fsp3) is 0.478. The second kappa shape index (κ2) is 11.4. The van der Waals surface area contributed by atoms with E-state index < -0.39 is 0 Å². The highest BCUT2D eigenvalue weighted by Gasteiger charge is 2.24. The number of carbonyl (C=O) groups excluding carboxylic acids is 2. The van der Waals surface area contributed by atoms with E-state index in [1.165, 1.54) is 4.90 Å². The van der Waals surface area contributed by atoms with Crippen molar-refractivity contribution >= 4 is 40.8 Å². The van der Waals surface area contributed by atoms with Crippen LogP contribution >= 0.6 is 23.2 Å². The highest BCUT2D eigenvalue weighted by molar-refractivity contribution is 6.43. The van der Waals surface area contributed by atoms with E-state index >= 15 is 0 Å². The van der Waals surface area contributed by atoms with Crippen LogP contribution in [0.25, 0.3) is 0 Å². The first-order chi connectivity index (χ1) is 14.6. The maximum atomic E-state index is 13.2. The number of hydrogen-bond donors (Lipinski definition) is 1. The van der Waals surface area contributed by atoms with Crippen molar-refractivity contribution in [3.8, 4) is 0 Å². The third kappa shape index (κ3) is 7.47. The molecular formula is C23H32Cl2N4O2. The molecule has 6 nitrogen and oxygen atoms in total. The van der Waals surface area contributed by atoms with E-state index in [1.54, 1.807) is 18.2 Å². The fourth-order valence-corrected chi connectivity index (χ4v) is 3.62. The number of aryl methyl sites for hydroxylation is 1. The van der Waals surface area contributed by atoms with Crippen LogP contribution in [0.5, 0.6) is 0 Å². The number of carbonyl (C=O) groups is 2. The molecule has 0 spiro atoms. The molecule has 0 saturated heterocycles. The van der Waals surface area contributed by atoms with Crippen molar-refractivity contribution in [1.29, 1.82) is 0 Å². The Kier molecular flexibility index (Phi) is 9.26. The van der Waals surface area contributed by atoms with E-state index in [0.29, 0.717) is 36.3 Å². The monoisotopic (exact) mass is 466 g/mol. The van der Waals surface area contributed by atoms with Gasteiger partial charge in [0.1, 0.15) is 6.54 Å². The summed E-state index contributed by atoms with van der Waals surface area (Å²) in [6.07, 6.45) is 1.96. The van der Waals surface area contributed by atoms with Gasteiger partial charge in [0.2, 0.25) is 5.91 Å². The van der Waals surface area contributed by atoms with Gasteiger partial charge in [0.05, 0.1) is 22.3 Å². The first-order valence-electron chi connectivity index (χ1n) is 10.5. The zero-order valence-corrected chi connectivity index (χ0v) is 20.4. The van der Waals surface area contributed by atoms with Gasteiger partial charge in [-0.25, -0.2) is 4.79 Å². The second-order valence-corrected chi connectivity index (χ2v) is 9.37. The quantitative estimate of drug-likeness (QED) is 0.529. The van der Waals surface area contributed by atoms with E-state index in [0.717, 1.165) is 5.69 Å². The van der Waals surface area contributed by atoms with Gasteiger partial charge in [0.15, 0.2) is 0 Å². The van der Waals surface area contributed by atoms with Crippen molar-refractivity contribution in [1.82, 2.24) is 14.4 Å². The van der Waals surface area contributed by atoms with Crippen molar-refractivity contribution in [2.45, 2.75) is 34.2 Å². The standard InChI is InChI=1S/C23H32Cl2N4O2/c1-16(2)12-28(14-18-8-7-11-27(18)5)21(30)15-29(13-17(3)4)23(31)26-20-10-6-9-19(24)22(20)25/h6-11,16-17H,12-15H2,1-5H3,(H,26,31). The van der Waals surface area contributed by atoms with Crippen LogP contribution in [0.3, 0.4) is 0 Å². The Bertz CT molecular complexity index is 895. The number of aromatic nitrogens is 1. The zero-order chi connectivity index (χ0) is 23.1. The Morgan fingerprint density at radius 1 is 1.00 bits per heavy atom. The minimum Gasteiger partial charge on any atom is -0.353 e. The van der Waals surface area contributed by atoms with Gasteiger partial charge in [-0.05, 0) is 36.1 Å². The molecule has 0 atom stereocenters. The summed E-state index contributed by atoms with van der Waals surface area (Å²) in [6.45, 7) is 9.70. The molecule has 170 valence electrons. The summed E-state index contributed by atoms with van der Waals surface area (Å²) >= 11 is 12.3. The molecule has 0 unspecified atom stereocenters. The third-order valence-corrected chi connectivity index (χ3v) is 5.55. The van der Waals surface area contributed by atoms with E-state index in [-0.39, 0.29) is 29.4 Å². The summed E-state index contributed by atoms with van der Waals surface area (Å²) in [7, 11) is 1.96. The minimum atomic E-state index is -0.380. The van der Waals surface area contributed by atoms with E-state index in [2.05, 4.69) is 19.2 Å². The van der Waals surface area contributed by atoms with Crippen LogP contribution in [0.4, 0.5) is 10.5 Å². The molecule has 2 rings (SSSR count). The van der Waals surface area contributed by atoms with Gasteiger partial charge in [-0.15, -0.1) is 0 Å². The lowest BCUT2D eigenvalue weighted by atomic mass is 10.2. The van der Waals surface area contributed by atoms with Crippen LogP contribution in [0.1, 0.15) is 33.4 Å². The van der Waals surface area contributed by atoms with Crippen LogP contribution in [0.2, 0.25) is 10.0 Å². The van der Waals surface area contributed by atoms with Crippen molar-refractivity contribution in [2.75, 3.05) is 25.0 Å². The Morgan fingerprint density at radius 3 is 2.23 bits per heavy atom. The molecule has 0 aliphatic heterocycles. The Balaban J connectivity index is 2.17. The van der Waals surface area contributed by atoms with Crippen LogP contribution < -0.4 is 5.32 Å². The summed E-state index contributed by atoms with van der Waals surface area (Å²) in [4.78, 5) is 29.6. The van der Waals surface area contributed by atoms with Gasteiger partial charge in [-0.3, -0.25) is 4.79 Å². The number of rotatable bonds is 9. The Labute approximate surface area is 195 Å². The van der Waals surface area contributed by atoms with Crippen molar-refractivity contribution in [3.05, 3.63) is 52.3 Å². The van der Waals surface area contributed by atoms with E-state index in [1.807, 2.05) is 48.7 Å². The average molecular weight is 467 g/mol. The molecular weight excluding hydrogens is 435 g/mol. The Hall–Kier alpha value is -2.18. The molecule has 1 aromatic heterocycles. The normalized spacial score (nSPS) is 11.1. The van der Waals surface area contributed by atoms with Crippen molar-refractivity contribution in [2.24, 2.45) is 18.9 Å². The number of benzene rings is 1. The number of nitrogens with zero attached hydrogens (tertiary/aromatic N) is 3. The molecule has 0 radical (unpaired) electrons.